The molecule has 0 aromatic carbocycles. The minimum atomic E-state index is -0.369. The molecule has 1 saturated carbocycles. The van der Waals surface area contributed by atoms with Gasteiger partial charge in [0.05, 0.1) is 18.3 Å². The molecule has 18 heavy (non-hydrogen) atoms. The van der Waals surface area contributed by atoms with Crippen LogP contribution in [0, 0.1) is 0 Å². The fourth-order valence-corrected chi connectivity index (χ4v) is 2.65. The third kappa shape index (κ3) is 6.17. The summed E-state index contributed by atoms with van der Waals surface area (Å²) in [5, 5.41) is 10.1. The second-order valence-electron chi connectivity index (χ2n) is 6.46. The van der Waals surface area contributed by atoms with Crippen LogP contribution in [-0.2, 0) is 4.74 Å². The van der Waals surface area contributed by atoms with Gasteiger partial charge in [-0.3, -0.25) is 4.90 Å². The van der Waals surface area contributed by atoms with Crippen LogP contribution >= 0.6 is 0 Å². The third-order valence-corrected chi connectivity index (χ3v) is 3.65. The Hall–Kier alpha value is -0.120. The number of aliphatic hydroxyl groups is 1. The summed E-state index contributed by atoms with van der Waals surface area (Å²) >= 11 is 0. The second-order valence-corrected chi connectivity index (χ2v) is 6.46. The highest BCUT2D eigenvalue weighted by atomic mass is 16.5. The molecule has 3 heteroatoms. The molecule has 0 saturated heterocycles. The standard InChI is InChI=1S/C15H31NO2/c1-5-16(13-9-7-6-8-10-13)11-14(17)12-18-15(2,3)4/h13-14,17H,5-12H2,1-4H3. The first-order valence-electron chi connectivity index (χ1n) is 7.48. The highest BCUT2D eigenvalue weighted by molar-refractivity contribution is 4.77. The molecule has 0 aliphatic heterocycles. The van der Waals surface area contributed by atoms with E-state index in [2.05, 4.69) is 11.8 Å². The highest BCUT2D eigenvalue weighted by Gasteiger charge is 2.22. The average molecular weight is 257 g/mol. The van der Waals surface area contributed by atoms with Crippen molar-refractivity contribution in [3.8, 4) is 0 Å². The molecule has 0 radical (unpaired) electrons. The molecule has 1 aliphatic rings. The molecule has 0 bridgehead atoms. The molecule has 108 valence electrons. The summed E-state index contributed by atoms with van der Waals surface area (Å²) in [5.41, 5.74) is -0.164. The quantitative estimate of drug-likeness (QED) is 0.794. The Balaban J connectivity index is 2.32. The van der Waals surface area contributed by atoms with Gasteiger partial charge in [-0.25, -0.2) is 0 Å². The summed E-state index contributed by atoms with van der Waals surface area (Å²) in [7, 11) is 0. The highest BCUT2D eigenvalue weighted by Crippen LogP contribution is 2.22. The van der Waals surface area contributed by atoms with E-state index < -0.39 is 0 Å². The summed E-state index contributed by atoms with van der Waals surface area (Å²) < 4.78 is 5.65. The van der Waals surface area contributed by atoms with Crippen LogP contribution in [0.15, 0.2) is 0 Å². The Bertz CT molecular complexity index is 219. The summed E-state index contributed by atoms with van der Waals surface area (Å²) in [4.78, 5) is 2.43. The summed E-state index contributed by atoms with van der Waals surface area (Å²) in [6.45, 7) is 10.5. The Kier molecular flexibility index (Phi) is 6.61. The van der Waals surface area contributed by atoms with E-state index in [0.29, 0.717) is 12.6 Å². The summed E-state index contributed by atoms with van der Waals surface area (Å²) in [6.07, 6.45) is 6.28. The maximum Gasteiger partial charge on any atom is 0.0900 e. The molecule has 1 N–H and O–H groups in total. The normalized spacial score (nSPS) is 20.3. The van der Waals surface area contributed by atoms with Crippen LogP contribution in [0.25, 0.3) is 0 Å². The predicted molar refractivity (Wildman–Crippen MR) is 75.8 cm³/mol. The van der Waals surface area contributed by atoms with Crippen molar-refractivity contribution in [2.45, 2.75) is 77.5 Å². The number of aliphatic hydroxyl groups excluding tert-OH is 1. The van der Waals surface area contributed by atoms with Crippen LogP contribution in [-0.4, -0.2) is 47.4 Å². The largest absolute Gasteiger partial charge is 0.389 e. The van der Waals surface area contributed by atoms with E-state index in [1.54, 1.807) is 0 Å². The van der Waals surface area contributed by atoms with Gasteiger partial charge in [-0.15, -0.1) is 0 Å². The minimum absolute atomic E-state index is 0.164. The third-order valence-electron chi connectivity index (χ3n) is 3.65. The lowest BCUT2D eigenvalue weighted by atomic mass is 9.94. The molecular formula is C15H31NO2. The first-order chi connectivity index (χ1) is 8.42. The van der Waals surface area contributed by atoms with Gasteiger partial charge in [0.1, 0.15) is 0 Å². The fourth-order valence-electron chi connectivity index (χ4n) is 2.65. The monoisotopic (exact) mass is 257 g/mol. The summed E-state index contributed by atoms with van der Waals surface area (Å²) in [6, 6.07) is 0.674. The van der Waals surface area contributed by atoms with Crippen molar-refractivity contribution in [2.75, 3.05) is 19.7 Å². The van der Waals surface area contributed by atoms with Crippen LogP contribution in [0.5, 0.6) is 0 Å². The molecule has 0 aromatic rings. The van der Waals surface area contributed by atoms with E-state index in [9.17, 15) is 5.11 Å². The Morgan fingerprint density at radius 3 is 2.33 bits per heavy atom. The number of ether oxygens (including phenoxy) is 1. The first-order valence-corrected chi connectivity index (χ1v) is 7.48. The maximum atomic E-state index is 10.1. The number of rotatable bonds is 6. The topological polar surface area (TPSA) is 32.7 Å². The lowest BCUT2D eigenvalue weighted by Crippen LogP contribution is -2.43. The molecule has 0 spiro atoms. The van der Waals surface area contributed by atoms with E-state index >= 15 is 0 Å². The van der Waals surface area contributed by atoms with Gasteiger partial charge in [-0.2, -0.15) is 0 Å². The van der Waals surface area contributed by atoms with Crippen molar-refractivity contribution in [1.82, 2.24) is 4.90 Å². The van der Waals surface area contributed by atoms with Crippen LogP contribution in [0.3, 0.4) is 0 Å². The van der Waals surface area contributed by atoms with Crippen molar-refractivity contribution in [1.29, 1.82) is 0 Å². The van der Waals surface area contributed by atoms with Crippen molar-refractivity contribution < 1.29 is 9.84 Å². The van der Waals surface area contributed by atoms with Crippen molar-refractivity contribution in [2.24, 2.45) is 0 Å². The zero-order valence-electron chi connectivity index (χ0n) is 12.6. The van der Waals surface area contributed by atoms with Gasteiger partial charge in [0.15, 0.2) is 0 Å². The van der Waals surface area contributed by atoms with E-state index in [0.717, 1.165) is 13.1 Å². The van der Waals surface area contributed by atoms with Gasteiger partial charge in [0.2, 0.25) is 0 Å². The molecule has 1 rings (SSSR count). The molecule has 1 aliphatic carbocycles. The van der Waals surface area contributed by atoms with Crippen LogP contribution in [0.4, 0.5) is 0 Å². The summed E-state index contributed by atoms with van der Waals surface area (Å²) in [5.74, 6) is 0. The van der Waals surface area contributed by atoms with Gasteiger partial charge in [0.25, 0.3) is 0 Å². The van der Waals surface area contributed by atoms with Crippen molar-refractivity contribution in [3.63, 3.8) is 0 Å². The molecule has 0 amide bonds. The molecule has 1 atom stereocenters. The van der Waals surface area contributed by atoms with Gasteiger partial charge < -0.3 is 9.84 Å². The molecular weight excluding hydrogens is 226 g/mol. The lowest BCUT2D eigenvalue weighted by molar-refractivity contribution is -0.0595. The lowest BCUT2D eigenvalue weighted by Gasteiger charge is -2.35. The molecule has 0 heterocycles. The first kappa shape index (κ1) is 15.9. The molecule has 1 fully saturated rings. The van der Waals surface area contributed by atoms with E-state index in [-0.39, 0.29) is 11.7 Å². The molecule has 3 nitrogen and oxygen atoms in total. The molecule has 1 unspecified atom stereocenters. The van der Waals surface area contributed by atoms with Crippen LogP contribution < -0.4 is 0 Å². The SMILES string of the molecule is CCN(CC(O)COC(C)(C)C)C1CCCCC1. The number of likely N-dealkylation sites (N-methyl/N-ethyl adjacent to an activating group) is 1. The average Bonchev–Trinajstić information content (AvgIpc) is 2.33. The fraction of sp³-hybridized carbons (Fsp3) is 1.00. The van der Waals surface area contributed by atoms with Gasteiger partial charge in [0, 0.05) is 12.6 Å². The zero-order valence-corrected chi connectivity index (χ0v) is 12.6. The van der Waals surface area contributed by atoms with Gasteiger partial charge >= 0.3 is 0 Å². The van der Waals surface area contributed by atoms with E-state index in [4.69, 9.17) is 4.74 Å². The predicted octanol–water partition coefficient (Wildman–Crippen LogP) is 2.82. The number of hydrogen-bond acceptors (Lipinski definition) is 3. The molecule has 0 aromatic heterocycles. The zero-order chi connectivity index (χ0) is 13.6. The smallest absolute Gasteiger partial charge is 0.0900 e. The number of hydrogen-bond donors (Lipinski definition) is 1. The van der Waals surface area contributed by atoms with Crippen LogP contribution in [0.2, 0.25) is 0 Å². The van der Waals surface area contributed by atoms with E-state index in [1.165, 1.54) is 32.1 Å². The van der Waals surface area contributed by atoms with Crippen LogP contribution in [0.1, 0.15) is 59.8 Å². The van der Waals surface area contributed by atoms with E-state index in [1.807, 2.05) is 20.8 Å². The number of nitrogens with zero attached hydrogens (tertiary/aromatic N) is 1. The van der Waals surface area contributed by atoms with Crippen molar-refractivity contribution >= 4 is 0 Å². The second kappa shape index (κ2) is 7.46. The Labute approximate surface area is 113 Å². The van der Waals surface area contributed by atoms with Gasteiger partial charge in [-0.1, -0.05) is 26.2 Å². The maximum absolute atomic E-state index is 10.1. The Morgan fingerprint density at radius 2 is 1.83 bits per heavy atom. The Morgan fingerprint density at radius 1 is 1.22 bits per heavy atom. The minimum Gasteiger partial charge on any atom is -0.389 e. The van der Waals surface area contributed by atoms with Gasteiger partial charge in [-0.05, 0) is 40.2 Å². The van der Waals surface area contributed by atoms with Crippen molar-refractivity contribution in [3.05, 3.63) is 0 Å².